The second-order valence-corrected chi connectivity index (χ2v) is 5.87. The van der Waals surface area contributed by atoms with Crippen LogP contribution in [0.4, 0.5) is 0 Å². The van der Waals surface area contributed by atoms with Gasteiger partial charge in [0.1, 0.15) is 0 Å². The maximum Gasteiger partial charge on any atom is 0.236 e. The number of amides is 1. The van der Waals surface area contributed by atoms with E-state index in [0.717, 1.165) is 39.1 Å². The van der Waals surface area contributed by atoms with E-state index in [0.29, 0.717) is 5.92 Å². The molecule has 1 fully saturated rings. The summed E-state index contributed by atoms with van der Waals surface area (Å²) >= 11 is 0. The van der Waals surface area contributed by atoms with Gasteiger partial charge >= 0.3 is 0 Å². The molecule has 1 aliphatic rings. The molecule has 116 valence electrons. The van der Waals surface area contributed by atoms with Crippen molar-refractivity contribution in [3.05, 3.63) is 35.9 Å². The predicted octanol–water partition coefficient (Wildman–Crippen LogP) is 1.71. The smallest absolute Gasteiger partial charge is 0.236 e. The van der Waals surface area contributed by atoms with Crippen LogP contribution in [-0.4, -0.2) is 48.4 Å². The molecule has 1 atom stereocenters. The van der Waals surface area contributed by atoms with Gasteiger partial charge in [-0.05, 0) is 30.9 Å². The number of rotatable bonds is 6. The first kappa shape index (κ1) is 16.0. The van der Waals surface area contributed by atoms with Crippen molar-refractivity contribution in [2.75, 3.05) is 32.7 Å². The molecule has 1 unspecified atom stereocenters. The number of nitrogens with two attached hydrogens (primary N) is 1. The maximum atomic E-state index is 11.7. The Bertz CT molecular complexity index is 435. The first-order chi connectivity index (χ1) is 10.2. The molecule has 21 heavy (non-hydrogen) atoms. The van der Waals surface area contributed by atoms with Crippen molar-refractivity contribution < 1.29 is 4.79 Å². The second-order valence-electron chi connectivity index (χ2n) is 5.87. The zero-order valence-corrected chi connectivity index (χ0v) is 13.0. The van der Waals surface area contributed by atoms with E-state index in [1.807, 2.05) is 4.90 Å². The Balaban J connectivity index is 1.87. The van der Waals surface area contributed by atoms with E-state index in [-0.39, 0.29) is 12.5 Å². The molecule has 0 aliphatic carbocycles. The van der Waals surface area contributed by atoms with Crippen LogP contribution in [0.1, 0.15) is 25.3 Å². The van der Waals surface area contributed by atoms with Gasteiger partial charge in [0, 0.05) is 26.2 Å². The lowest BCUT2D eigenvalue weighted by Crippen LogP contribution is -2.45. The quantitative estimate of drug-likeness (QED) is 0.867. The van der Waals surface area contributed by atoms with Crippen LogP contribution in [0.15, 0.2) is 30.3 Å². The Morgan fingerprint density at radius 3 is 2.81 bits per heavy atom. The SMILES string of the molecule is CCN(Cc1ccccc1)CC1CCCN(C(=O)CN)C1. The lowest BCUT2D eigenvalue weighted by atomic mass is 9.97. The highest BCUT2D eigenvalue weighted by Crippen LogP contribution is 2.18. The molecule has 0 bridgehead atoms. The molecule has 2 rings (SSSR count). The number of hydrogen-bond donors (Lipinski definition) is 1. The first-order valence-electron chi connectivity index (χ1n) is 7.97. The maximum absolute atomic E-state index is 11.7. The van der Waals surface area contributed by atoms with Gasteiger partial charge in [-0.15, -0.1) is 0 Å². The minimum Gasteiger partial charge on any atom is -0.341 e. The first-order valence-corrected chi connectivity index (χ1v) is 7.97. The summed E-state index contributed by atoms with van der Waals surface area (Å²) < 4.78 is 0. The molecule has 1 amide bonds. The minimum atomic E-state index is 0.0887. The summed E-state index contributed by atoms with van der Waals surface area (Å²) in [6.45, 7) is 7.15. The van der Waals surface area contributed by atoms with E-state index in [9.17, 15) is 4.79 Å². The molecule has 0 radical (unpaired) electrons. The monoisotopic (exact) mass is 289 g/mol. The minimum absolute atomic E-state index is 0.0887. The van der Waals surface area contributed by atoms with Gasteiger partial charge in [0.25, 0.3) is 0 Å². The average molecular weight is 289 g/mol. The summed E-state index contributed by atoms with van der Waals surface area (Å²) in [5, 5.41) is 0. The van der Waals surface area contributed by atoms with Crippen LogP contribution in [0.25, 0.3) is 0 Å². The van der Waals surface area contributed by atoms with Gasteiger partial charge in [-0.2, -0.15) is 0 Å². The third kappa shape index (κ3) is 4.83. The fourth-order valence-electron chi connectivity index (χ4n) is 3.08. The highest BCUT2D eigenvalue weighted by Gasteiger charge is 2.24. The van der Waals surface area contributed by atoms with Crippen LogP contribution < -0.4 is 5.73 Å². The average Bonchev–Trinajstić information content (AvgIpc) is 2.54. The van der Waals surface area contributed by atoms with E-state index in [1.165, 1.54) is 12.0 Å². The van der Waals surface area contributed by atoms with Crippen LogP contribution in [0, 0.1) is 5.92 Å². The van der Waals surface area contributed by atoms with E-state index in [1.54, 1.807) is 0 Å². The van der Waals surface area contributed by atoms with Gasteiger partial charge in [-0.3, -0.25) is 9.69 Å². The Morgan fingerprint density at radius 1 is 1.38 bits per heavy atom. The number of hydrogen-bond acceptors (Lipinski definition) is 3. The topological polar surface area (TPSA) is 49.6 Å². The van der Waals surface area contributed by atoms with Crippen LogP contribution in [0.2, 0.25) is 0 Å². The third-order valence-corrected chi connectivity index (χ3v) is 4.26. The summed E-state index contributed by atoms with van der Waals surface area (Å²) in [5.41, 5.74) is 6.83. The summed E-state index contributed by atoms with van der Waals surface area (Å²) in [7, 11) is 0. The van der Waals surface area contributed by atoms with E-state index < -0.39 is 0 Å². The molecular formula is C17H27N3O. The molecule has 0 aromatic heterocycles. The standard InChI is InChI=1S/C17H27N3O/c1-2-19(12-15-7-4-3-5-8-15)13-16-9-6-10-20(14-16)17(21)11-18/h3-5,7-8,16H,2,6,9-14,18H2,1H3. The Morgan fingerprint density at radius 2 is 2.14 bits per heavy atom. The number of likely N-dealkylation sites (tertiary alicyclic amines) is 1. The predicted molar refractivity (Wildman–Crippen MR) is 85.8 cm³/mol. The van der Waals surface area contributed by atoms with Crippen molar-refractivity contribution in [2.45, 2.75) is 26.3 Å². The molecule has 1 saturated heterocycles. The van der Waals surface area contributed by atoms with Crippen molar-refractivity contribution in [3.63, 3.8) is 0 Å². The molecule has 0 saturated carbocycles. The second kappa shape index (κ2) is 8.15. The molecule has 0 spiro atoms. The molecule has 4 nitrogen and oxygen atoms in total. The zero-order valence-electron chi connectivity index (χ0n) is 13.0. The molecule has 2 N–H and O–H groups in total. The van der Waals surface area contributed by atoms with Gasteiger partial charge < -0.3 is 10.6 Å². The number of carbonyl (C=O) groups excluding carboxylic acids is 1. The van der Waals surface area contributed by atoms with Crippen LogP contribution in [-0.2, 0) is 11.3 Å². The van der Waals surface area contributed by atoms with Gasteiger partial charge in [0.15, 0.2) is 0 Å². The molecule has 1 aliphatic heterocycles. The molecule has 1 heterocycles. The Hall–Kier alpha value is -1.39. The van der Waals surface area contributed by atoms with Crippen LogP contribution in [0.5, 0.6) is 0 Å². The van der Waals surface area contributed by atoms with E-state index >= 15 is 0 Å². The lowest BCUT2D eigenvalue weighted by molar-refractivity contribution is -0.131. The fourth-order valence-corrected chi connectivity index (χ4v) is 3.08. The largest absolute Gasteiger partial charge is 0.341 e. The normalized spacial score (nSPS) is 19.0. The van der Waals surface area contributed by atoms with E-state index in [4.69, 9.17) is 5.73 Å². The number of piperidine rings is 1. The van der Waals surface area contributed by atoms with Crippen molar-refractivity contribution >= 4 is 5.91 Å². The number of benzene rings is 1. The van der Waals surface area contributed by atoms with Crippen LogP contribution >= 0.6 is 0 Å². The summed E-state index contributed by atoms with van der Waals surface area (Å²) in [6, 6.07) is 10.6. The Kier molecular flexibility index (Phi) is 6.21. The van der Waals surface area contributed by atoms with Gasteiger partial charge in [0.2, 0.25) is 5.91 Å². The number of nitrogens with zero attached hydrogens (tertiary/aromatic N) is 2. The molecule has 1 aromatic rings. The highest BCUT2D eigenvalue weighted by atomic mass is 16.2. The summed E-state index contributed by atoms with van der Waals surface area (Å²) in [5.74, 6) is 0.656. The van der Waals surface area contributed by atoms with Gasteiger partial charge in [0.05, 0.1) is 6.54 Å². The van der Waals surface area contributed by atoms with Crippen molar-refractivity contribution in [3.8, 4) is 0 Å². The third-order valence-electron chi connectivity index (χ3n) is 4.26. The zero-order chi connectivity index (χ0) is 15.1. The van der Waals surface area contributed by atoms with Crippen molar-refractivity contribution in [2.24, 2.45) is 11.7 Å². The lowest BCUT2D eigenvalue weighted by Gasteiger charge is -2.35. The summed E-state index contributed by atoms with van der Waals surface area (Å²) in [4.78, 5) is 16.1. The van der Waals surface area contributed by atoms with E-state index in [2.05, 4.69) is 42.2 Å². The Labute approximate surface area is 127 Å². The highest BCUT2D eigenvalue weighted by molar-refractivity contribution is 5.78. The molecule has 1 aromatic carbocycles. The summed E-state index contributed by atoms with van der Waals surface area (Å²) in [6.07, 6.45) is 2.30. The van der Waals surface area contributed by atoms with Gasteiger partial charge in [-0.25, -0.2) is 0 Å². The molecule has 4 heteroatoms. The van der Waals surface area contributed by atoms with Crippen molar-refractivity contribution in [1.29, 1.82) is 0 Å². The van der Waals surface area contributed by atoms with Gasteiger partial charge in [-0.1, -0.05) is 37.3 Å². The van der Waals surface area contributed by atoms with Crippen LogP contribution in [0.3, 0.4) is 0 Å². The fraction of sp³-hybridized carbons (Fsp3) is 0.588. The molecular weight excluding hydrogens is 262 g/mol. The van der Waals surface area contributed by atoms with Crippen molar-refractivity contribution in [1.82, 2.24) is 9.80 Å². The number of carbonyl (C=O) groups is 1.